The van der Waals surface area contributed by atoms with Crippen LogP contribution in [0.5, 0.6) is 0 Å². The van der Waals surface area contributed by atoms with Crippen LogP contribution >= 0.6 is 0 Å². The third-order valence-electron chi connectivity index (χ3n) is 4.20. The highest BCUT2D eigenvalue weighted by molar-refractivity contribution is 5.68. The van der Waals surface area contributed by atoms with E-state index >= 15 is 0 Å². The first-order chi connectivity index (χ1) is 9.78. The fourth-order valence-electron chi connectivity index (χ4n) is 3.00. The number of amides is 1. The number of hydrogen-bond acceptors (Lipinski definition) is 3. The van der Waals surface area contributed by atoms with E-state index in [0.29, 0.717) is 12.1 Å². The van der Waals surface area contributed by atoms with Crippen molar-refractivity contribution in [2.24, 2.45) is 0 Å². The molecule has 1 rings (SSSR count). The normalized spacial score (nSPS) is 24.8. The van der Waals surface area contributed by atoms with Crippen molar-refractivity contribution in [2.75, 3.05) is 6.54 Å². The van der Waals surface area contributed by atoms with Crippen molar-refractivity contribution in [3.8, 4) is 0 Å². The fraction of sp³-hybridized carbons (Fsp3) is 0.941. The first kappa shape index (κ1) is 18.3. The Bertz CT molecular complexity index is 325. The molecule has 0 radical (unpaired) electrons. The van der Waals surface area contributed by atoms with Crippen molar-refractivity contribution in [2.45, 2.75) is 97.4 Å². The molecule has 1 heterocycles. The Morgan fingerprint density at radius 1 is 1.38 bits per heavy atom. The van der Waals surface area contributed by atoms with Crippen LogP contribution in [0.4, 0.5) is 4.79 Å². The Morgan fingerprint density at radius 3 is 2.57 bits per heavy atom. The zero-order chi connectivity index (χ0) is 16.0. The van der Waals surface area contributed by atoms with Gasteiger partial charge in [-0.2, -0.15) is 0 Å². The van der Waals surface area contributed by atoms with Crippen molar-refractivity contribution in [1.29, 1.82) is 0 Å². The minimum atomic E-state index is -0.425. The van der Waals surface area contributed by atoms with Gasteiger partial charge in [-0.3, -0.25) is 0 Å². The second kappa shape index (κ2) is 8.02. The molecule has 1 N–H and O–H groups in total. The van der Waals surface area contributed by atoms with Crippen molar-refractivity contribution < 1.29 is 9.53 Å². The molecule has 0 saturated carbocycles. The molecule has 0 aliphatic carbocycles. The van der Waals surface area contributed by atoms with Gasteiger partial charge in [-0.1, -0.05) is 20.3 Å². The van der Waals surface area contributed by atoms with Gasteiger partial charge in [0.25, 0.3) is 0 Å². The molecule has 1 saturated heterocycles. The molecule has 0 bridgehead atoms. The van der Waals surface area contributed by atoms with Gasteiger partial charge in [-0.05, 0) is 53.4 Å². The molecular formula is C17H34N2O2. The predicted molar refractivity (Wildman–Crippen MR) is 87.5 cm³/mol. The van der Waals surface area contributed by atoms with Crippen LogP contribution in [0.1, 0.15) is 73.6 Å². The van der Waals surface area contributed by atoms with Gasteiger partial charge in [0.2, 0.25) is 0 Å². The summed E-state index contributed by atoms with van der Waals surface area (Å²) in [7, 11) is 0. The molecule has 1 fully saturated rings. The maximum absolute atomic E-state index is 12.3. The van der Waals surface area contributed by atoms with Gasteiger partial charge in [-0.25, -0.2) is 4.79 Å². The lowest BCUT2D eigenvalue weighted by atomic mass is 9.95. The second-order valence-electron chi connectivity index (χ2n) is 7.22. The Labute approximate surface area is 130 Å². The smallest absolute Gasteiger partial charge is 0.410 e. The van der Waals surface area contributed by atoms with Crippen LogP contribution in [0.3, 0.4) is 0 Å². The standard InChI is InChI=1S/C17H34N2O2/c1-7-10-14(8-2)18-15-11-9-12-19(13(15)3)16(20)21-17(4,5)6/h13-15,18H,7-12H2,1-6H3. The SMILES string of the molecule is CCCC(CC)NC1CCCN(C(=O)OC(C)(C)C)C1C. The van der Waals surface area contributed by atoms with Crippen molar-refractivity contribution in [1.82, 2.24) is 10.2 Å². The highest BCUT2D eigenvalue weighted by Gasteiger charge is 2.34. The molecule has 3 unspecified atom stereocenters. The number of likely N-dealkylation sites (tertiary alicyclic amines) is 1. The summed E-state index contributed by atoms with van der Waals surface area (Å²) in [4.78, 5) is 14.2. The lowest BCUT2D eigenvalue weighted by molar-refractivity contribution is 0.00620. The first-order valence-electron chi connectivity index (χ1n) is 8.54. The van der Waals surface area contributed by atoms with Crippen LogP contribution in [-0.2, 0) is 4.74 Å². The number of carbonyl (C=O) groups excluding carboxylic acids is 1. The van der Waals surface area contributed by atoms with Gasteiger partial charge in [0.1, 0.15) is 5.60 Å². The van der Waals surface area contributed by atoms with Gasteiger partial charge in [0.15, 0.2) is 0 Å². The highest BCUT2D eigenvalue weighted by Crippen LogP contribution is 2.21. The highest BCUT2D eigenvalue weighted by atomic mass is 16.6. The van der Waals surface area contributed by atoms with Crippen molar-refractivity contribution in [3.05, 3.63) is 0 Å². The fourth-order valence-corrected chi connectivity index (χ4v) is 3.00. The second-order valence-corrected chi connectivity index (χ2v) is 7.22. The maximum atomic E-state index is 12.3. The third-order valence-corrected chi connectivity index (χ3v) is 4.20. The van der Waals surface area contributed by atoms with E-state index in [4.69, 9.17) is 4.74 Å². The summed E-state index contributed by atoms with van der Waals surface area (Å²) in [5, 5.41) is 3.75. The molecule has 21 heavy (non-hydrogen) atoms. The van der Waals surface area contributed by atoms with Crippen LogP contribution in [0, 0.1) is 0 Å². The summed E-state index contributed by atoms with van der Waals surface area (Å²) >= 11 is 0. The van der Waals surface area contributed by atoms with Crippen molar-refractivity contribution >= 4 is 6.09 Å². The van der Waals surface area contributed by atoms with E-state index in [1.807, 2.05) is 25.7 Å². The summed E-state index contributed by atoms with van der Waals surface area (Å²) in [6.07, 6.45) is 5.55. The average molecular weight is 298 g/mol. The summed E-state index contributed by atoms with van der Waals surface area (Å²) in [6.45, 7) is 13.2. The minimum Gasteiger partial charge on any atom is -0.444 e. The third kappa shape index (κ3) is 5.85. The van der Waals surface area contributed by atoms with E-state index in [9.17, 15) is 4.79 Å². The quantitative estimate of drug-likeness (QED) is 0.836. The molecule has 3 atom stereocenters. The molecule has 0 aromatic carbocycles. The number of nitrogens with one attached hydrogen (secondary N) is 1. The Balaban J connectivity index is 2.63. The summed E-state index contributed by atoms with van der Waals surface area (Å²) in [5.74, 6) is 0. The first-order valence-corrected chi connectivity index (χ1v) is 8.54. The zero-order valence-electron chi connectivity index (χ0n) is 14.7. The number of piperidine rings is 1. The average Bonchev–Trinajstić information content (AvgIpc) is 2.38. The Hall–Kier alpha value is -0.770. The number of hydrogen-bond donors (Lipinski definition) is 1. The van der Waals surface area contributed by atoms with Crippen LogP contribution in [0.2, 0.25) is 0 Å². The molecule has 1 amide bonds. The number of rotatable bonds is 5. The van der Waals surface area contributed by atoms with Gasteiger partial charge in [0.05, 0.1) is 0 Å². The lowest BCUT2D eigenvalue weighted by Crippen LogP contribution is -2.57. The van der Waals surface area contributed by atoms with E-state index < -0.39 is 5.60 Å². The van der Waals surface area contributed by atoms with Crippen LogP contribution in [-0.4, -0.2) is 41.3 Å². The monoisotopic (exact) mass is 298 g/mol. The van der Waals surface area contributed by atoms with E-state index in [2.05, 4.69) is 26.1 Å². The number of nitrogens with zero attached hydrogens (tertiary/aromatic N) is 1. The van der Waals surface area contributed by atoms with Crippen LogP contribution < -0.4 is 5.32 Å². The minimum absolute atomic E-state index is 0.176. The van der Waals surface area contributed by atoms with Crippen LogP contribution in [0.25, 0.3) is 0 Å². The Kier molecular flexibility index (Phi) is 6.98. The molecule has 0 spiro atoms. The summed E-state index contributed by atoms with van der Waals surface area (Å²) < 4.78 is 5.53. The lowest BCUT2D eigenvalue weighted by Gasteiger charge is -2.41. The van der Waals surface area contributed by atoms with Crippen LogP contribution in [0.15, 0.2) is 0 Å². The largest absolute Gasteiger partial charge is 0.444 e. The summed E-state index contributed by atoms with van der Waals surface area (Å²) in [6, 6.07) is 1.13. The molecule has 1 aliphatic heterocycles. The Morgan fingerprint density at radius 2 is 2.05 bits per heavy atom. The molecular weight excluding hydrogens is 264 g/mol. The van der Waals surface area contributed by atoms with Gasteiger partial charge < -0.3 is 15.0 Å². The van der Waals surface area contributed by atoms with E-state index in [0.717, 1.165) is 25.8 Å². The maximum Gasteiger partial charge on any atom is 0.410 e. The van der Waals surface area contributed by atoms with E-state index in [1.165, 1.54) is 12.8 Å². The van der Waals surface area contributed by atoms with E-state index in [1.54, 1.807) is 0 Å². The van der Waals surface area contributed by atoms with Gasteiger partial charge >= 0.3 is 6.09 Å². The molecule has 0 aromatic heterocycles. The molecule has 1 aliphatic rings. The number of carbonyl (C=O) groups is 1. The predicted octanol–water partition coefficient (Wildman–Crippen LogP) is 3.94. The number of ether oxygens (including phenoxy) is 1. The topological polar surface area (TPSA) is 41.6 Å². The molecule has 124 valence electrons. The van der Waals surface area contributed by atoms with E-state index in [-0.39, 0.29) is 12.1 Å². The van der Waals surface area contributed by atoms with Gasteiger partial charge in [-0.15, -0.1) is 0 Å². The molecule has 0 aromatic rings. The zero-order valence-corrected chi connectivity index (χ0v) is 14.7. The van der Waals surface area contributed by atoms with Gasteiger partial charge in [0, 0.05) is 24.7 Å². The molecule has 4 heteroatoms. The molecule has 4 nitrogen and oxygen atoms in total. The van der Waals surface area contributed by atoms with Crippen molar-refractivity contribution in [3.63, 3.8) is 0 Å². The summed E-state index contributed by atoms with van der Waals surface area (Å²) in [5.41, 5.74) is -0.425.